The van der Waals surface area contributed by atoms with Crippen LogP contribution >= 0.6 is 11.3 Å². The molecule has 156 valence electrons. The van der Waals surface area contributed by atoms with E-state index in [0.717, 1.165) is 24.6 Å². The Morgan fingerprint density at radius 1 is 1.21 bits per heavy atom. The molecular weight excluding hydrogens is 420 g/mol. The number of carbonyl (C=O) groups is 2. The SMILES string of the molecule is CCOC(=O)c1sc(NC=C(C(=O)OC)S(=O)(=O)c2ccc(OC)cc2)nc1C. The number of sulfone groups is 1. The third-order valence-electron chi connectivity index (χ3n) is 3.63. The number of hydrogen-bond donors (Lipinski definition) is 1. The molecule has 0 saturated carbocycles. The summed E-state index contributed by atoms with van der Waals surface area (Å²) in [6, 6.07) is 5.56. The highest BCUT2D eigenvalue weighted by Crippen LogP contribution is 2.26. The second-order valence-corrected chi connectivity index (χ2v) is 8.39. The van der Waals surface area contributed by atoms with Crippen LogP contribution < -0.4 is 10.1 Å². The predicted octanol–water partition coefficient (Wildman–Crippen LogP) is 2.54. The van der Waals surface area contributed by atoms with E-state index in [0.29, 0.717) is 11.4 Å². The van der Waals surface area contributed by atoms with Gasteiger partial charge in [0, 0.05) is 6.20 Å². The van der Waals surface area contributed by atoms with Crippen molar-refractivity contribution in [3.63, 3.8) is 0 Å². The number of thiazole rings is 1. The van der Waals surface area contributed by atoms with Gasteiger partial charge >= 0.3 is 11.9 Å². The molecule has 0 radical (unpaired) electrons. The highest BCUT2D eigenvalue weighted by Gasteiger charge is 2.28. The predicted molar refractivity (Wildman–Crippen MR) is 107 cm³/mol. The first-order chi connectivity index (χ1) is 13.7. The van der Waals surface area contributed by atoms with Crippen LogP contribution in [0.15, 0.2) is 40.3 Å². The van der Waals surface area contributed by atoms with Gasteiger partial charge in [-0.15, -0.1) is 0 Å². The summed E-state index contributed by atoms with van der Waals surface area (Å²) < 4.78 is 40.3. The number of benzene rings is 1. The number of aryl methyl sites for hydroxylation is 1. The van der Waals surface area contributed by atoms with Gasteiger partial charge in [-0.3, -0.25) is 0 Å². The van der Waals surface area contributed by atoms with E-state index in [1.54, 1.807) is 13.8 Å². The lowest BCUT2D eigenvalue weighted by atomic mass is 10.3. The van der Waals surface area contributed by atoms with Crippen LogP contribution in [0.5, 0.6) is 5.75 Å². The first kappa shape index (κ1) is 22.4. The fourth-order valence-electron chi connectivity index (χ4n) is 2.20. The van der Waals surface area contributed by atoms with E-state index < -0.39 is 26.7 Å². The number of aromatic nitrogens is 1. The Bertz CT molecular complexity index is 1020. The molecule has 1 heterocycles. The third kappa shape index (κ3) is 5.12. The largest absolute Gasteiger partial charge is 0.497 e. The van der Waals surface area contributed by atoms with E-state index >= 15 is 0 Å². The van der Waals surface area contributed by atoms with Crippen molar-refractivity contribution in [3.8, 4) is 5.75 Å². The van der Waals surface area contributed by atoms with Gasteiger partial charge in [0.1, 0.15) is 10.6 Å². The van der Waals surface area contributed by atoms with Crippen LogP contribution in [-0.2, 0) is 24.1 Å². The minimum atomic E-state index is -4.18. The molecule has 0 bridgehead atoms. The van der Waals surface area contributed by atoms with Crippen molar-refractivity contribution in [1.29, 1.82) is 0 Å². The van der Waals surface area contributed by atoms with Gasteiger partial charge in [-0.05, 0) is 38.1 Å². The Hall–Kier alpha value is -2.92. The molecule has 0 unspecified atom stereocenters. The summed E-state index contributed by atoms with van der Waals surface area (Å²) in [5.74, 6) is -1.11. The average molecular weight is 440 g/mol. The lowest BCUT2D eigenvalue weighted by molar-refractivity contribution is -0.135. The number of anilines is 1. The number of ether oxygens (including phenoxy) is 3. The fourth-order valence-corrected chi connectivity index (χ4v) is 4.29. The number of esters is 2. The molecule has 2 rings (SSSR count). The van der Waals surface area contributed by atoms with Crippen LogP contribution in [0.1, 0.15) is 22.3 Å². The molecule has 0 aliphatic rings. The molecule has 0 saturated heterocycles. The first-order valence-corrected chi connectivity index (χ1v) is 10.6. The standard InChI is InChI=1S/C18H20N2O7S2/c1-5-27-17(22)15-11(2)20-18(28-15)19-10-14(16(21)26-4)29(23,24)13-8-6-12(25-3)7-9-13/h6-10H,5H2,1-4H3,(H,19,20). The number of carbonyl (C=O) groups excluding carboxylic acids is 2. The number of rotatable bonds is 8. The summed E-state index contributed by atoms with van der Waals surface area (Å²) >= 11 is 0.975. The summed E-state index contributed by atoms with van der Waals surface area (Å²) in [6.07, 6.45) is 0.985. The van der Waals surface area contributed by atoms with Crippen LogP contribution in [0.3, 0.4) is 0 Å². The molecule has 0 atom stereocenters. The number of nitrogens with zero attached hydrogens (tertiary/aromatic N) is 1. The topological polar surface area (TPSA) is 121 Å². The fraction of sp³-hybridized carbons (Fsp3) is 0.278. The molecule has 2 aromatic rings. The molecule has 0 aliphatic heterocycles. The van der Waals surface area contributed by atoms with Crippen molar-refractivity contribution in [3.05, 3.63) is 45.9 Å². The zero-order valence-electron chi connectivity index (χ0n) is 16.2. The second kappa shape index (κ2) is 9.52. The first-order valence-electron chi connectivity index (χ1n) is 8.33. The Morgan fingerprint density at radius 3 is 2.41 bits per heavy atom. The van der Waals surface area contributed by atoms with E-state index in [-0.39, 0.29) is 21.5 Å². The van der Waals surface area contributed by atoms with Gasteiger partial charge in [-0.25, -0.2) is 23.0 Å². The van der Waals surface area contributed by atoms with Gasteiger partial charge in [0.2, 0.25) is 9.84 Å². The molecule has 1 aromatic carbocycles. The summed E-state index contributed by atoms with van der Waals surface area (Å²) in [7, 11) is -1.65. The number of nitrogens with one attached hydrogen (secondary N) is 1. The minimum absolute atomic E-state index is 0.112. The van der Waals surface area contributed by atoms with Crippen LogP contribution in [0.2, 0.25) is 0 Å². The highest BCUT2D eigenvalue weighted by atomic mass is 32.2. The maximum atomic E-state index is 12.9. The van der Waals surface area contributed by atoms with Gasteiger partial charge in [-0.2, -0.15) is 0 Å². The zero-order valence-corrected chi connectivity index (χ0v) is 17.8. The summed E-state index contributed by atoms with van der Waals surface area (Å²) in [4.78, 5) is 27.7. The molecule has 9 nitrogen and oxygen atoms in total. The summed E-state index contributed by atoms with van der Waals surface area (Å²) in [6.45, 7) is 3.52. The highest BCUT2D eigenvalue weighted by molar-refractivity contribution is 7.96. The maximum Gasteiger partial charge on any atom is 0.351 e. The van der Waals surface area contributed by atoms with Gasteiger partial charge in [0.25, 0.3) is 0 Å². The van der Waals surface area contributed by atoms with Gasteiger partial charge in [0.05, 0.1) is 31.4 Å². The van der Waals surface area contributed by atoms with Crippen molar-refractivity contribution in [1.82, 2.24) is 4.98 Å². The second-order valence-electron chi connectivity index (χ2n) is 5.48. The Kier molecular flexibility index (Phi) is 7.35. The summed E-state index contributed by atoms with van der Waals surface area (Å²) in [5, 5.41) is 2.87. The zero-order chi connectivity index (χ0) is 21.6. The molecule has 0 amide bonds. The van der Waals surface area contributed by atoms with Gasteiger partial charge < -0.3 is 19.5 Å². The van der Waals surface area contributed by atoms with Crippen molar-refractivity contribution in [2.24, 2.45) is 0 Å². The lowest BCUT2D eigenvalue weighted by Crippen LogP contribution is -2.17. The number of methoxy groups -OCH3 is 2. The van der Waals surface area contributed by atoms with Gasteiger partial charge in [-0.1, -0.05) is 11.3 Å². The van der Waals surface area contributed by atoms with Crippen LogP contribution in [0, 0.1) is 6.92 Å². The van der Waals surface area contributed by atoms with Crippen molar-refractivity contribution in [2.45, 2.75) is 18.7 Å². The maximum absolute atomic E-state index is 12.9. The van der Waals surface area contributed by atoms with Crippen molar-refractivity contribution < 1.29 is 32.2 Å². The van der Waals surface area contributed by atoms with Crippen molar-refractivity contribution >= 4 is 38.2 Å². The van der Waals surface area contributed by atoms with Crippen LogP contribution in [-0.4, -0.2) is 46.2 Å². The van der Waals surface area contributed by atoms with E-state index in [4.69, 9.17) is 9.47 Å². The lowest BCUT2D eigenvalue weighted by Gasteiger charge is -2.08. The van der Waals surface area contributed by atoms with E-state index in [1.807, 2.05) is 0 Å². The normalized spacial score (nSPS) is 11.7. The Labute approximate surface area is 172 Å². The molecule has 0 fully saturated rings. The molecule has 0 spiro atoms. The third-order valence-corrected chi connectivity index (χ3v) is 6.45. The Balaban J connectivity index is 2.37. The quantitative estimate of drug-likeness (QED) is 0.487. The van der Waals surface area contributed by atoms with Crippen LogP contribution in [0.4, 0.5) is 5.13 Å². The molecule has 1 aromatic heterocycles. The smallest absolute Gasteiger partial charge is 0.351 e. The van der Waals surface area contributed by atoms with E-state index in [2.05, 4.69) is 15.0 Å². The van der Waals surface area contributed by atoms with Gasteiger partial charge in [0.15, 0.2) is 10.0 Å². The molecule has 11 heteroatoms. The molecular formula is C18H20N2O7S2. The molecule has 1 N–H and O–H groups in total. The minimum Gasteiger partial charge on any atom is -0.497 e. The van der Waals surface area contributed by atoms with E-state index in [9.17, 15) is 18.0 Å². The number of hydrogen-bond acceptors (Lipinski definition) is 10. The van der Waals surface area contributed by atoms with Crippen LogP contribution in [0.25, 0.3) is 0 Å². The van der Waals surface area contributed by atoms with E-state index in [1.165, 1.54) is 31.4 Å². The summed E-state index contributed by atoms with van der Waals surface area (Å²) in [5.41, 5.74) is 0.418. The molecule has 0 aliphatic carbocycles. The average Bonchev–Trinajstić information content (AvgIpc) is 3.08. The van der Waals surface area contributed by atoms with Crippen molar-refractivity contribution in [2.75, 3.05) is 26.1 Å². The molecule has 29 heavy (non-hydrogen) atoms. The monoisotopic (exact) mass is 440 g/mol. The Morgan fingerprint density at radius 2 is 1.86 bits per heavy atom.